The van der Waals surface area contributed by atoms with Gasteiger partial charge in [0.15, 0.2) is 0 Å². The molecule has 106 valence electrons. The lowest BCUT2D eigenvalue weighted by molar-refractivity contribution is 0.624. The molecule has 0 saturated heterocycles. The first-order chi connectivity index (χ1) is 10.2. The fourth-order valence-electron chi connectivity index (χ4n) is 2.01. The number of nitrogens with two attached hydrogens (primary N) is 1. The van der Waals surface area contributed by atoms with Crippen molar-refractivity contribution < 1.29 is 4.39 Å². The number of anilines is 3. The van der Waals surface area contributed by atoms with Gasteiger partial charge in [0.2, 0.25) is 0 Å². The summed E-state index contributed by atoms with van der Waals surface area (Å²) in [7, 11) is 0. The molecule has 0 atom stereocenters. The molecule has 0 radical (unpaired) electrons. The first-order valence-electron chi connectivity index (χ1n) is 6.52. The molecule has 2 aromatic rings. The van der Waals surface area contributed by atoms with Crippen molar-refractivity contribution in [1.82, 2.24) is 9.97 Å². The minimum Gasteiger partial charge on any atom is -0.339 e. The second-order valence-electron chi connectivity index (χ2n) is 4.81. The summed E-state index contributed by atoms with van der Waals surface area (Å²) in [5.74, 6) is 6.82. The van der Waals surface area contributed by atoms with Crippen LogP contribution in [0.15, 0.2) is 24.3 Å². The van der Waals surface area contributed by atoms with Crippen molar-refractivity contribution in [3.63, 3.8) is 0 Å². The van der Waals surface area contributed by atoms with Crippen LogP contribution in [0.25, 0.3) is 0 Å². The van der Waals surface area contributed by atoms with E-state index in [1.807, 2.05) is 6.07 Å². The van der Waals surface area contributed by atoms with E-state index in [4.69, 9.17) is 11.1 Å². The number of halogens is 1. The Labute approximate surface area is 120 Å². The van der Waals surface area contributed by atoms with Crippen LogP contribution >= 0.6 is 0 Å². The third-order valence-corrected chi connectivity index (χ3v) is 3.22. The largest absolute Gasteiger partial charge is 0.339 e. The number of nitrogens with one attached hydrogen (secondary N) is 2. The van der Waals surface area contributed by atoms with Crippen LogP contribution in [0, 0.1) is 17.1 Å². The summed E-state index contributed by atoms with van der Waals surface area (Å²) in [4.78, 5) is 8.68. The smallest absolute Gasteiger partial charge is 0.145 e. The molecule has 7 heteroatoms. The summed E-state index contributed by atoms with van der Waals surface area (Å²) in [6.45, 7) is 0. The van der Waals surface area contributed by atoms with E-state index in [1.54, 1.807) is 12.1 Å². The number of hydrogen-bond acceptors (Lipinski definition) is 6. The molecule has 0 spiro atoms. The number of rotatable bonds is 4. The minimum atomic E-state index is -0.573. The summed E-state index contributed by atoms with van der Waals surface area (Å²) in [5.41, 5.74) is 2.80. The zero-order valence-electron chi connectivity index (χ0n) is 11.1. The van der Waals surface area contributed by atoms with E-state index in [1.165, 1.54) is 12.1 Å². The van der Waals surface area contributed by atoms with Gasteiger partial charge in [0, 0.05) is 12.0 Å². The summed E-state index contributed by atoms with van der Waals surface area (Å²) in [6.07, 6.45) is 2.10. The lowest BCUT2D eigenvalue weighted by atomic mass is 10.2. The Balaban J connectivity index is 1.96. The van der Waals surface area contributed by atoms with Crippen molar-refractivity contribution >= 4 is 17.3 Å². The summed E-state index contributed by atoms with van der Waals surface area (Å²) in [5, 5.41) is 12.0. The van der Waals surface area contributed by atoms with Crippen molar-refractivity contribution in [2.45, 2.75) is 18.8 Å². The van der Waals surface area contributed by atoms with Crippen molar-refractivity contribution in [3.05, 3.63) is 41.5 Å². The highest BCUT2D eigenvalue weighted by molar-refractivity contribution is 5.66. The number of aromatic nitrogens is 2. The van der Waals surface area contributed by atoms with Gasteiger partial charge in [0.05, 0.1) is 5.69 Å². The van der Waals surface area contributed by atoms with Crippen molar-refractivity contribution in [2.75, 3.05) is 10.7 Å². The van der Waals surface area contributed by atoms with Crippen LogP contribution in [-0.2, 0) is 0 Å². The Kier molecular flexibility index (Phi) is 3.38. The van der Waals surface area contributed by atoms with Gasteiger partial charge in [-0.2, -0.15) is 5.26 Å². The zero-order valence-corrected chi connectivity index (χ0v) is 11.1. The van der Waals surface area contributed by atoms with Gasteiger partial charge in [-0.05, 0) is 25.0 Å². The number of nitriles is 1. The van der Waals surface area contributed by atoms with Gasteiger partial charge in [-0.1, -0.05) is 6.07 Å². The lowest BCUT2D eigenvalue weighted by Crippen LogP contribution is -2.11. The quantitative estimate of drug-likeness (QED) is 0.589. The monoisotopic (exact) mass is 284 g/mol. The second kappa shape index (κ2) is 5.34. The molecular weight excluding hydrogens is 271 g/mol. The third kappa shape index (κ3) is 2.75. The van der Waals surface area contributed by atoms with E-state index in [-0.39, 0.29) is 5.56 Å². The average Bonchev–Trinajstić information content (AvgIpc) is 3.32. The van der Waals surface area contributed by atoms with E-state index in [0.717, 1.165) is 12.8 Å². The molecule has 6 nitrogen and oxygen atoms in total. The summed E-state index contributed by atoms with van der Waals surface area (Å²) < 4.78 is 13.6. The molecule has 1 heterocycles. The lowest BCUT2D eigenvalue weighted by Gasteiger charge is -2.10. The molecule has 1 aliphatic carbocycles. The molecule has 1 aromatic carbocycles. The van der Waals surface area contributed by atoms with Gasteiger partial charge in [0.1, 0.15) is 34.9 Å². The maximum Gasteiger partial charge on any atom is 0.145 e. The first kappa shape index (κ1) is 13.3. The van der Waals surface area contributed by atoms with Crippen LogP contribution in [0.2, 0.25) is 0 Å². The molecular formula is C14H13FN6. The Hall–Kier alpha value is -2.72. The van der Waals surface area contributed by atoms with Gasteiger partial charge in [-0.15, -0.1) is 0 Å². The van der Waals surface area contributed by atoms with Crippen molar-refractivity contribution in [1.29, 1.82) is 5.26 Å². The Morgan fingerprint density at radius 2 is 2.05 bits per heavy atom. The predicted molar refractivity (Wildman–Crippen MR) is 76.2 cm³/mol. The zero-order chi connectivity index (χ0) is 14.8. The van der Waals surface area contributed by atoms with Crippen LogP contribution in [-0.4, -0.2) is 9.97 Å². The van der Waals surface area contributed by atoms with Gasteiger partial charge < -0.3 is 10.7 Å². The molecule has 1 aliphatic rings. The van der Waals surface area contributed by atoms with E-state index in [9.17, 15) is 4.39 Å². The fourth-order valence-corrected chi connectivity index (χ4v) is 2.01. The second-order valence-corrected chi connectivity index (χ2v) is 4.81. The van der Waals surface area contributed by atoms with Crippen LogP contribution < -0.4 is 16.6 Å². The highest BCUT2D eigenvalue weighted by Crippen LogP contribution is 2.39. The number of nitrogen functional groups attached to an aromatic ring is 1. The van der Waals surface area contributed by atoms with Gasteiger partial charge in [-0.25, -0.2) is 20.2 Å². The molecule has 21 heavy (non-hydrogen) atoms. The molecule has 0 unspecified atom stereocenters. The molecule has 1 fully saturated rings. The Morgan fingerprint density at radius 3 is 2.71 bits per heavy atom. The molecule has 4 N–H and O–H groups in total. The maximum atomic E-state index is 13.6. The summed E-state index contributed by atoms with van der Waals surface area (Å²) >= 11 is 0. The van der Waals surface area contributed by atoms with Crippen LogP contribution in [0.3, 0.4) is 0 Å². The Morgan fingerprint density at radius 1 is 1.29 bits per heavy atom. The van der Waals surface area contributed by atoms with Crippen molar-refractivity contribution in [2.24, 2.45) is 5.84 Å². The number of nitrogens with zero attached hydrogens (tertiary/aromatic N) is 3. The predicted octanol–water partition coefficient (Wildman–Crippen LogP) is 2.39. The SMILES string of the molecule is N#Cc1c(F)cccc1Nc1cc(NN)nc(C2CC2)n1. The molecule has 1 aromatic heterocycles. The van der Waals surface area contributed by atoms with E-state index >= 15 is 0 Å². The highest BCUT2D eigenvalue weighted by atomic mass is 19.1. The molecule has 1 saturated carbocycles. The number of benzene rings is 1. The molecule has 0 bridgehead atoms. The summed E-state index contributed by atoms with van der Waals surface area (Å²) in [6, 6.07) is 7.84. The minimum absolute atomic E-state index is 0.0497. The van der Waals surface area contributed by atoms with Crippen molar-refractivity contribution in [3.8, 4) is 6.07 Å². The van der Waals surface area contributed by atoms with E-state index in [0.29, 0.717) is 29.1 Å². The van der Waals surface area contributed by atoms with Crippen LogP contribution in [0.4, 0.5) is 21.7 Å². The number of hydrazine groups is 1. The standard InChI is InChI=1S/C14H13FN6/c15-10-2-1-3-11(9(10)7-16)18-12-6-13(21-17)20-14(19-12)8-4-5-8/h1-3,6,8H,4-5,17H2,(H2,18,19,20,21). The molecule has 0 amide bonds. The third-order valence-electron chi connectivity index (χ3n) is 3.22. The van der Waals surface area contributed by atoms with E-state index < -0.39 is 5.82 Å². The van der Waals surface area contributed by atoms with Gasteiger partial charge >= 0.3 is 0 Å². The molecule has 3 rings (SSSR count). The van der Waals surface area contributed by atoms with Gasteiger partial charge in [-0.3, -0.25) is 0 Å². The normalized spacial score (nSPS) is 13.6. The fraction of sp³-hybridized carbons (Fsp3) is 0.214. The van der Waals surface area contributed by atoms with Crippen LogP contribution in [0.5, 0.6) is 0 Å². The topological polar surface area (TPSA) is 99.7 Å². The molecule has 0 aliphatic heterocycles. The van der Waals surface area contributed by atoms with Gasteiger partial charge in [0.25, 0.3) is 0 Å². The van der Waals surface area contributed by atoms with E-state index in [2.05, 4.69) is 20.7 Å². The number of hydrogen-bond donors (Lipinski definition) is 3. The van der Waals surface area contributed by atoms with Crippen LogP contribution in [0.1, 0.15) is 30.1 Å². The Bertz CT molecular complexity index is 720. The maximum absolute atomic E-state index is 13.6. The average molecular weight is 284 g/mol. The first-order valence-corrected chi connectivity index (χ1v) is 6.52. The highest BCUT2D eigenvalue weighted by Gasteiger charge is 2.27.